The average Bonchev–Trinajstić information content (AvgIpc) is 2.99. The molecule has 1 unspecified atom stereocenters. The Morgan fingerprint density at radius 2 is 1.96 bits per heavy atom. The van der Waals surface area contributed by atoms with E-state index in [2.05, 4.69) is 17.2 Å². The summed E-state index contributed by atoms with van der Waals surface area (Å²) in [7, 11) is 1.67. The van der Waals surface area contributed by atoms with Gasteiger partial charge in [-0.2, -0.15) is 0 Å². The van der Waals surface area contributed by atoms with Gasteiger partial charge in [-0.1, -0.05) is 23.7 Å². The quantitative estimate of drug-likeness (QED) is 0.742. The minimum atomic E-state index is -0.492. The first-order chi connectivity index (χ1) is 12.4. The summed E-state index contributed by atoms with van der Waals surface area (Å²) < 4.78 is 5.00. The highest BCUT2D eigenvalue weighted by Gasteiger charge is 2.30. The average molecular weight is 394 g/mol. The van der Waals surface area contributed by atoms with E-state index in [0.29, 0.717) is 0 Å². The Hall–Kier alpha value is -1.20. The first-order valence-corrected chi connectivity index (χ1v) is 10.4. The van der Waals surface area contributed by atoms with E-state index in [1.807, 2.05) is 49.4 Å². The smallest absolute Gasteiger partial charge is 0.118 e. The van der Waals surface area contributed by atoms with E-state index in [0.717, 1.165) is 43.2 Å². The van der Waals surface area contributed by atoms with Crippen LogP contribution in [0.15, 0.2) is 53.4 Å². The van der Waals surface area contributed by atoms with Crippen molar-refractivity contribution in [1.29, 1.82) is 0 Å². The van der Waals surface area contributed by atoms with Gasteiger partial charge in [0.15, 0.2) is 0 Å². The number of rotatable bonds is 5. The highest BCUT2D eigenvalue weighted by atomic mass is 35.5. The predicted molar refractivity (Wildman–Crippen MR) is 112 cm³/mol. The number of methoxy groups -OCH3 is 1. The minimum absolute atomic E-state index is 0.492. The molecule has 0 bridgehead atoms. The fourth-order valence-electron chi connectivity index (χ4n) is 2.92. The van der Waals surface area contributed by atoms with Crippen LogP contribution >= 0.6 is 23.4 Å². The van der Waals surface area contributed by atoms with Gasteiger partial charge < -0.3 is 14.7 Å². The Balaban J connectivity index is 0.000000209. The topological polar surface area (TPSA) is 32.7 Å². The molecule has 1 heterocycles. The van der Waals surface area contributed by atoms with Crippen LogP contribution in [0.3, 0.4) is 0 Å². The third-order valence-electron chi connectivity index (χ3n) is 4.43. The van der Waals surface area contributed by atoms with E-state index >= 15 is 0 Å². The highest BCUT2D eigenvalue weighted by molar-refractivity contribution is 7.98. The number of β-amino-alcohol motifs (C(OH)–C–C–N with tert-alkyl or cyclic N) is 1. The Bertz CT molecular complexity index is 653. The van der Waals surface area contributed by atoms with Gasteiger partial charge in [0.1, 0.15) is 5.75 Å². The maximum absolute atomic E-state index is 9.84. The predicted octanol–water partition coefficient (Wildman–Crippen LogP) is 4.76. The summed E-state index contributed by atoms with van der Waals surface area (Å²) >= 11 is 7.66. The zero-order valence-corrected chi connectivity index (χ0v) is 17.3. The van der Waals surface area contributed by atoms with E-state index in [4.69, 9.17) is 16.3 Å². The van der Waals surface area contributed by atoms with Gasteiger partial charge in [0, 0.05) is 29.6 Å². The number of hydrogen-bond donors (Lipinski definition) is 1. The molecule has 142 valence electrons. The molecule has 0 radical (unpaired) electrons. The molecule has 2 aromatic rings. The van der Waals surface area contributed by atoms with Crippen LogP contribution in [0.4, 0.5) is 0 Å². The molecule has 0 aliphatic carbocycles. The summed E-state index contributed by atoms with van der Waals surface area (Å²) in [5, 5.41) is 10.6. The molecule has 1 aliphatic heterocycles. The fraction of sp³-hybridized carbons (Fsp3) is 0.429. The molecule has 1 fully saturated rings. The Morgan fingerprint density at radius 1 is 1.23 bits per heavy atom. The highest BCUT2D eigenvalue weighted by Crippen LogP contribution is 2.21. The summed E-state index contributed by atoms with van der Waals surface area (Å²) in [6.45, 7) is 4.68. The molecule has 5 heteroatoms. The number of benzene rings is 2. The van der Waals surface area contributed by atoms with Crippen molar-refractivity contribution in [3.05, 3.63) is 59.1 Å². The molecule has 3 nitrogen and oxygen atoms in total. The zero-order chi connectivity index (χ0) is 19.0. The van der Waals surface area contributed by atoms with Crippen LogP contribution in [-0.2, 0) is 6.42 Å². The second kappa shape index (κ2) is 10.2. The number of halogens is 1. The molecule has 0 spiro atoms. The van der Waals surface area contributed by atoms with E-state index in [1.54, 1.807) is 18.9 Å². The van der Waals surface area contributed by atoms with E-state index in [-0.39, 0.29) is 0 Å². The number of aliphatic hydroxyl groups is 1. The summed E-state index contributed by atoms with van der Waals surface area (Å²) in [5.74, 6) is 0.915. The third kappa shape index (κ3) is 7.20. The molecule has 0 saturated carbocycles. The van der Waals surface area contributed by atoms with Crippen molar-refractivity contribution >= 4 is 23.4 Å². The van der Waals surface area contributed by atoms with Crippen molar-refractivity contribution in [3.8, 4) is 5.75 Å². The molecular weight excluding hydrogens is 366 g/mol. The standard InChI is InChI=1S/C13H18ClNO.C8H10OS/c1-13(16)6-8-15(10-13)7-5-11-3-2-4-12(14)9-11;1-9-7-3-5-8(10-2)6-4-7/h2-4,9,16H,5-8,10H2,1H3;3-6H,1-2H3. The van der Waals surface area contributed by atoms with Crippen molar-refractivity contribution in [2.24, 2.45) is 0 Å². The maximum atomic E-state index is 9.84. The lowest BCUT2D eigenvalue weighted by atomic mass is 10.1. The normalized spacial score (nSPS) is 19.7. The number of likely N-dealkylation sites (tertiary alicyclic amines) is 1. The van der Waals surface area contributed by atoms with Gasteiger partial charge in [-0.05, 0) is 68.0 Å². The number of ether oxygens (including phenoxy) is 1. The summed E-state index contributed by atoms with van der Waals surface area (Å²) in [4.78, 5) is 3.57. The number of nitrogens with zero attached hydrogens (tertiary/aromatic N) is 1. The van der Waals surface area contributed by atoms with Gasteiger partial charge in [0.05, 0.1) is 12.7 Å². The van der Waals surface area contributed by atoms with Crippen molar-refractivity contribution in [3.63, 3.8) is 0 Å². The zero-order valence-electron chi connectivity index (χ0n) is 15.7. The van der Waals surface area contributed by atoms with Crippen molar-refractivity contribution in [2.75, 3.05) is 33.0 Å². The van der Waals surface area contributed by atoms with Gasteiger partial charge in [0.2, 0.25) is 0 Å². The van der Waals surface area contributed by atoms with Gasteiger partial charge in [0.25, 0.3) is 0 Å². The van der Waals surface area contributed by atoms with Crippen LogP contribution in [0.5, 0.6) is 5.75 Å². The van der Waals surface area contributed by atoms with Crippen LogP contribution in [0.25, 0.3) is 0 Å². The van der Waals surface area contributed by atoms with Crippen LogP contribution in [0.2, 0.25) is 5.02 Å². The molecule has 3 rings (SSSR count). The monoisotopic (exact) mass is 393 g/mol. The lowest BCUT2D eigenvalue weighted by molar-refractivity contribution is 0.0689. The third-order valence-corrected chi connectivity index (χ3v) is 5.41. The SMILES string of the molecule is CC1(O)CCN(CCc2cccc(Cl)c2)C1.COc1ccc(SC)cc1. The van der Waals surface area contributed by atoms with Crippen LogP contribution < -0.4 is 4.74 Å². The number of hydrogen-bond acceptors (Lipinski definition) is 4. The van der Waals surface area contributed by atoms with Crippen LogP contribution in [0, 0.1) is 0 Å². The molecule has 1 atom stereocenters. The van der Waals surface area contributed by atoms with Crippen LogP contribution in [-0.4, -0.2) is 48.6 Å². The molecule has 1 N–H and O–H groups in total. The van der Waals surface area contributed by atoms with Gasteiger partial charge >= 0.3 is 0 Å². The van der Waals surface area contributed by atoms with Crippen LogP contribution in [0.1, 0.15) is 18.9 Å². The summed E-state index contributed by atoms with van der Waals surface area (Å²) in [5.41, 5.74) is 0.771. The minimum Gasteiger partial charge on any atom is -0.497 e. The maximum Gasteiger partial charge on any atom is 0.118 e. The van der Waals surface area contributed by atoms with Crippen molar-refractivity contribution in [1.82, 2.24) is 4.90 Å². The molecule has 0 aromatic heterocycles. The molecule has 1 aliphatic rings. The van der Waals surface area contributed by atoms with Gasteiger partial charge in [-0.25, -0.2) is 0 Å². The van der Waals surface area contributed by atoms with E-state index < -0.39 is 5.60 Å². The fourth-order valence-corrected chi connectivity index (χ4v) is 3.54. The Labute approximate surface area is 166 Å². The second-order valence-electron chi connectivity index (χ2n) is 6.78. The molecule has 0 amide bonds. The van der Waals surface area contributed by atoms with E-state index in [9.17, 15) is 5.11 Å². The Morgan fingerprint density at radius 3 is 2.50 bits per heavy atom. The molecular formula is C21H28ClNO2S. The number of thioether (sulfide) groups is 1. The molecule has 1 saturated heterocycles. The lowest BCUT2D eigenvalue weighted by Gasteiger charge is -2.18. The van der Waals surface area contributed by atoms with Gasteiger partial charge in [-0.3, -0.25) is 0 Å². The Kier molecular flexibility index (Phi) is 8.29. The van der Waals surface area contributed by atoms with Gasteiger partial charge in [-0.15, -0.1) is 11.8 Å². The first-order valence-electron chi connectivity index (χ1n) is 8.79. The van der Waals surface area contributed by atoms with E-state index in [1.165, 1.54) is 10.5 Å². The molecule has 2 aromatic carbocycles. The van der Waals surface area contributed by atoms with Crippen molar-refractivity contribution in [2.45, 2.75) is 30.3 Å². The summed E-state index contributed by atoms with van der Waals surface area (Å²) in [6.07, 6.45) is 3.93. The second-order valence-corrected chi connectivity index (χ2v) is 8.10. The lowest BCUT2D eigenvalue weighted by Crippen LogP contribution is -2.30. The van der Waals surface area contributed by atoms with Crippen molar-refractivity contribution < 1.29 is 9.84 Å². The largest absolute Gasteiger partial charge is 0.497 e. The first kappa shape index (κ1) is 21.1. The molecule has 26 heavy (non-hydrogen) atoms. The summed E-state index contributed by atoms with van der Waals surface area (Å²) in [6, 6.07) is 16.0.